The fraction of sp³-hybridized carbons (Fsp3) is 0.375. The Kier molecular flexibility index (Phi) is 3.32. The van der Waals surface area contributed by atoms with Gasteiger partial charge in [-0.25, -0.2) is 9.29 Å². The summed E-state index contributed by atoms with van der Waals surface area (Å²) < 4.78 is 30.2. The number of β-lactam (4-membered cyclic amide) rings is 1. The summed E-state index contributed by atoms with van der Waals surface area (Å²) in [6.45, 7) is -0.250. The fourth-order valence-electron chi connectivity index (χ4n) is 1.45. The summed E-state index contributed by atoms with van der Waals surface area (Å²) in [6, 6.07) is -0.905. The predicted molar refractivity (Wildman–Crippen MR) is 61.0 cm³/mol. The molecule has 1 aromatic rings. The third-order valence-electron chi connectivity index (χ3n) is 2.33. The highest BCUT2D eigenvalue weighted by Crippen LogP contribution is 2.14. The summed E-state index contributed by atoms with van der Waals surface area (Å²) in [5.74, 6) is -1.27. The Morgan fingerprint density at radius 1 is 1.67 bits per heavy atom. The minimum absolute atomic E-state index is 0.0269. The zero-order valence-corrected chi connectivity index (χ0v) is 10.6. The SMILES string of the molecule is O=C(Cc1cscn1)N[C@H]1CN(S(=O)(=O)O)C1=O. The fourth-order valence-corrected chi connectivity index (χ4v) is 2.70. The summed E-state index contributed by atoms with van der Waals surface area (Å²) in [4.78, 5) is 26.7. The third-order valence-corrected chi connectivity index (χ3v) is 3.85. The molecule has 18 heavy (non-hydrogen) atoms. The van der Waals surface area contributed by atoms with Gasteiger partial charge in [-0.3, -0.25) is 14.1 Å². The zero-order chi connectivity index (χ0) is 13.3. The predicted octanol–water partition coefficient (Wildman–Crippen LogP) is -1.18. The van der Waals surface area contributed by atoms with Crippen molar-refractivity contribution in [3.63, 3.8) is 0 Å². The van der Waals surface area contributed by atoms with Gasteiger partial charge in [0, 0.05) is 5.38 Å². The number of hydrogen-bond donors (Lipinski definition) is 2. The van der Waals surface area contributed by atoms with Crippen molar-refractivity contribution < 1.29 is 22.6 Å². The van der Waals surface area contributed by atoms with Gasteiger partial charge in [0.15, 0.2) is 0 Å². The first-order valence-corrected chi connectivity index (χ1v) is 7.17. The Bertz CT molecular complexity index is 568. The normalized spacial score (nSPS) is 19.5. The van der Waals surface area contributed by atoms with E-state index in [0.717, 1.165) is 0 Å². The van der Waals surface area contributed by atoms with Gasteiger partial charge >= 0.3 is 10.3 Å². The van der Waals surface area contributed by atoms with Crippen LogP contribution in [0.15, 0.2) is 10.9 Å². The third kappa shape index (κ3) is 2.66. The quantitative estimate of drug-likeness (QED) is 0.532. The van der Waals surface area contributed by atoms with Gasteiger partial charge in [-0.15, -0.1) is 11.3 Å². The number of aromatic nitrogens is 1. The van der Waals surface area contributed by atoms with Gasteiger partial charge in [-0.2, -0.15) is 8.42 Å². The summed E-state index contributed by atoms with van der Waals surface area (Å²) in [7, 11) is -4.51. The number of amides is 2. The first kappa shape index (κ1) is 12.9. The van der Waals surface area contributed by atoms with Crippen LogP contribution in [0.1, 0.15) is 5.69 Å². The molecule has 0 spiro atoms. The summed E-state index contributed by atoms with van der Waals surface area (Å²) in [6.07, 6.45) is 0.0269. The molecule has 2 heterocycles. The van der Waals surface area contributed by atoms with Crippen molar-refractivity contribution in [3.8, 4) is 0 Å². The molecule has 2 N–H and O–H groups in total. The topological polar surface area (TPSA) is 117 Å². The highest BCUT2D eigenvalue weighted by molar-refractivity contribution is 7.84. The van der Waals surface area contributed by atoms with Gasteiger partial charge in [-0.05, 0) is 0 Å². The molecule has 2 rings (SSSR count). The summed E-state index contributed by atoms with van der Waals surface area (Å²) in [5, 5.41) is 4.07. The van der Waals surface area contributed by atoms with E-state index >= 15 is 0 Å². The van der Waals surface area contributed by atoms with E-state index in [4.69, 9.17) is 4.55 Å². The van der Waals surface area contributed by atoms with Crippen molar-refractivity contribution in [3.05, 3.63) is 16.6 Å². The molecule has 0 unspecified atom stereocenters. The maximum Gasteiger partial charge on any atom is 0.362 e. The van der Waals surface area contributed by atoms with Crippen LogP contribution < -0.4 is 5.32 Å². The Morgan fingerprint density at radius 3 is 2.89 bits per heavy atom. The second-order valence-electron chi connectivity index (χ2n) is 3.62. The number of hydrogen-bond acceptors (Lipinski definition) is 6. The lowest BCUT2D eigenvalue weighted by molar-refractivity contribution is -0.140. The average Bonchev–Trinajstić information content (AvgIpc) is 2.74. The van der Waals surface area contributed by atoms with Crippen LogP contribution in [0.4, 0.5) is 0 Å². The van der Waals surface area contributed by atoms with E-state index in [0.29, 0.717) is 10.00 Å². The van der Waals surface area contributed by atoms with Crippen LogP contribution in [-0.2, 0) is 26.3 Å². The Hall–Kier alpha value is -1.52. The van der Waals surface area contributed by atoms with Gasteiger partial charge in [0.2, 0.25) is 5.91 Å². The Balaban J connectivity index is 1.86. The molecule has 98 valence electrons. The molecular weight excluding hydrogens is 282 g/mol. The van der Waals surface area contributed by atoms with Crippen LogP contribution in [0, 0.1) is 0 Å². The molecule has 1 aromatic heterocycles. The Morgan fingerprint density at radius 2 is 2.39 bits per heavy atom. The van der Waals surface area contributed by atoms with E-state index in [-0.39, 0.29) is 13.0 Å². The highest BCUT2D eigenvalue weighted by atomic mass is 32.2. The van der Waals surface area contributed by atoms with Crippen LogP contribution in [0.25, 0.3) is 0 Å². The van der Waals surface area contributed by atoms with Crippen molar-refractivity contribution in [2.75, 3.05) is 6.54 Å². The monoisotopic (exact) mass is 291 g/mol. The minimum atomic E-state index is -4.51. The zero-order valence-electron chi connectivity index (χ0n) is 8.94. The molecule has 1 saturated heterocycles. The second kappa shape index (κ2) is 4.63. The van der Waals surface area contributed by atoms with Gasteiger partial charge in [-0.1, -0.05) is 0 Å². The molecule has 1 atom stereocenters. The number of nitrogens with one attached hydrogen (secondary N) is 1. The molecule has 0 radical (unpaired) electrons. The summed E-state index contributed by atoms with van der Waals surface area (Å²) in [5.41, 5.74) is 2.16. The first-order valence-electron chi connectivity index (χ1n) is 4.83. The van der Waals surface area contributed by atoms with E-state index in [1.165, 1.54) is 11.3 Å². The first-order chi connectivity index (χ1) is 8.38. The Labute approximate surface area is 107 Å². The minimum Gasteiger partial charge on any atom is -0.342 e. The molecule has 10 heteroatoms. The van der Waals surface area contributed by atoms with Gasteiger partial charge in [0.25, 0.3) is 5.91 Å². The van der Waals surface area contributed by atoms with Crippen LogP contribution in [0.2, 0.25) is 0 Å². The number of nitrogens with zero attached hydrogens (tertiary/aromatic N) is 2. The van der Waals surface area contributed by atoms with Crippen LogP contribution in [0.3, 0.4) is 0 Å². The second-order valence-corrected chi connectivity index (χ2v) is 5.68. The molecule has 0 aromatic carbocycles. The molecule has 0 bridgehead atoms. The molecule has 1 fully saturated rings. The molecular formula is C8H9N3O5S2. The van der Waals surface area contributed by atoms with Crippen molar-refractivity contribution >= 4 is 33.5 Å². The van der Waals surface area contributed by atoms with E-state index in [9.17, 15) is 18.0 Å². The van der Waals surface area contributed by atoms with Crippen molar-refractivity contribution in [2.24, 2.45) is 0 Å². The molecule has 1 aliphatic heterocycles. The van der Waals surface area contributed by atoms with E-state index in [2.05, 4.69) is 10.3 Å². The van der Waals surface area contributed by atoms with Crippen LogP contribution in [0.5, 0.6) is 0 Å². The number of thiazole rings is 1. The summed E-state index contributed by atoms with van der Waals surface area (Å²) >= 11 is 1.35. The van der Waals surface area contributed by atoms with Crippen molar-refractivity contribution in [2.45, 2.75) is 12.5 Å². The van der Waals surface area contributed by atoms with E-state index < -0.39 is 28.2 Å². The maximum absolute atomic E-state index is 11.5. The van der Waals surface area contributed by atoms with Crippen molar-refractivity contribution in [1.82, 2.24) is 14.6 Å². The number of carbonyl (C=O) groups is 2. The van der Waals surface area contributed by atoms with E-state index in [1.807, 2.05) is 0 Å². The largest absolute Gasteiger partial charge is 0.362 e. The number of rotatable bonds is 4. The highest BCUT2D eigenvalue weighted by Gasteiger charge is 2.44. The lowest BCUT2D eigenvalue weighted by Crippen LogP contribution is -2.65. The van der Waals surface area contributed by atoms with Gasteiger partial charge < -0.3 is 5.32 Å². The number of carbonyl (C=O) groups excluding carboxylic acids is 2. The van der Waals surface area contributed by atoms with Crippen molar-refractivity contribution in [1.29, 1.82) is 0 Å². The molecule has 2 amide bonds. The van der Waals surface area contributed by atoms with Gasteiger partial charge in [0.05, 0.1) is 24.2 Å². The van der Waals surface area contributed by atoms with Crippen LogP contribution in [-0.4, -0.2) is 46.7 Å². The lowest BCUT2D eigenvalue weighted by Gasteiger charge is -2.35. The van der Waals surface area contributed by atoms with E-state index in [1.54, 1.807) is 10.9 Å². The molecule has 1 aliphatic rings. The standard InChI is InChI=1S/C8H9N3O5S2/c12-7(1-5-3-17-4-9-5)10-6-2-11(8(6)13)18(14,15)16/h3-4,6H,1-2H2,(H,10,12)(H,14,15,16)/t6-/m0/s1. The van der Waals surface area contributed by atoms with Gasteiger partial charge in [0.1, 0.15) is 6.04 Å². The lowest BCUT2D eigenvalue weighted by atomic mass is 10.1. The maximum atomic E-state index is 11.5. The molecule has 0 aliphatic carbocycles. The average molecular weight is 291 g/mol. The molecule has 0 saturated carbocycles. The smallest absolute Gasteiger partial charge is 0.342 e. The van der Waals surface area contributed by atoms with Crippen LogP contribution >= 0.6 is 11.3 Å². The molecule has 8 nitrogen and oxygen atoms in total.